The Morgan fingerprint density at radius 1 is 1.43 bits per heavy atom. The van der Waals surface area contributed by atoms with Crippen molar-refractivity contribution >= 4 is 28.5 Å². The van der Waals surface area contributed by atoms with Gasteiger partial charge in [-0.25, -0.2) is 4.98 Å². The number of imidazole rings is 1. The summed E-state index contributed by atoms with van der Waals surface area (Å²) in [5.41, 5.74) is 1.99. The molecule has 1 fully saturated rings. The Labute approximate surface area is 140 Å². The molecule has 2 aromatic rings. The number of likely N-dealkylation sites (N-methyl/N-ethyl adjacent to an activating group) is 1. The lowest BCUT2D eigenvalue weighted by Crippen LogP contribution is -2.52. The fourth-order valence-electron chi connectivity index (χ4n) is 2.63. The molecule has 0 atom stereocenters. The summed E-state index contributed by atoms with van der Waals surface area (Å²) in [7, 11) is 5.47. The van der Waals surface area contributed by atoms with E-state index in [1.165, 1.54) is 0 Å². The molecule has 2 heterocycles. The van der Waals surface area contributed by atoms with Crippen LogP contribution in [0.25, 0.3) is 11.0 Å². The molecular formula is C16H21ClN4O2. The summed E-state index contributed by atoms with van der Waals surface area (Å²) >= 11 is 6.05. The molecule has 1 saturated heterocycles. The van der Waals surface area contributed by atoms with Crippen LogP contribution in [0.1, 0.15) is 5.82 Å². The number of amides is 1. The van der Waals surface area contributed by atoms with Crippen molar-refractivity contribution in [3.05, 3.63) is 29.0 Å². The van der Waals surface area contributed by atoms with Gasteiger partial charge in [0.05, 0.1) is 23.7 Å². The monoisotopic (exact) mass is 336 g/mol. The largest absolute Gasteiger partial charge is 0.366 e. The maximum atomic E-state index is 11.5. The summed E-state index contributed by atoms with van der Waals surface area (Å²) in [6.45, 7) is 2.57. The van der Waals surface area contributed by atoms with Gasteiger partial charge in [0.25, 0.3) is 0 Å². The van der Waals surface area contributed by atoms with E-state index in [9.17, 15) is 4.79 Å². The lowest BCUT2D eigenvalue weighted by molar-refractivity contribution is -0.140. The van der Waals surface area contributed by atoms with Crippen LogP contribution in [-0.4, -0.2) is 65.2 Å². The highest BCUT2D eigenvalue weighted by molar-refractivity contribution is 6.31. The van der Waals surface area contributed by atoms with E-state index in [0.29, 0.717) is 0 Å². The number of hydrogen-bond acceptors (Lipinski definition) is 4. The van der Waals surface area contributed by atoms with Gasteiger partial charge in [-0.05, 0) is 18.2 Å². The number of ether oxygens (including phenoxy) is 1. The Bertz CT molecular complexity index is 722. The van der Waals surface area contributed by atoms with E-state index in [2.05, 4.69) is 14.5 Å². The van der Waals surface area contributed by atoms with Gasteiger partial charge in [0.2, 0.25) is 5.91 Å². The van der Waals surface area contributed by atoms with E-state index >= 15 is 0 Å². The van der Waals surface area contributed by atoms with Gasteiger partial charge in [0.1, 0.15) is 12.4 Å². The molecule has 6 nitrogen and oxygen atoms in total. The SMILES string of the molecule is CN(C)C(=O)COC1CN(Cc2nc3ccc(Cl)cc3n2C)C1. The Morgan fingerprint density at radius 2 is 2.17 bits per heavy atom. The van der Waals surface area contributed by atoms with Crippen LogP contribution in [-0.2, 0) is 23.1 Å². The van der Waals surface area contributed by atoms with E-state index in [4.69, 9.17) is 16.3 Å². The van der Waals surface area contributed by atoms with E-state index in [1.54, 1.807) is 19.0 Å². The first-order chi connectivity index (χ1) is 10.9. The molecule has 0 saturated carbocycles. The lowest BCUT2D eigenvalue weighted by atomic mass is 10.1. The zero-order valence-electron chi connectivity index (χ0n) is 13.6. The number of rotatable bonds is 5. The molecule has 23 heavy (non-hydrogen) atoms. The maximum Gasteiger partial charge on any atom is 0.248 e. The van der Waals surface area contributed by atoms with Crippen LogP contribution < -0.4 is 0 Å². The molecule has 0 spiro atoms. The van der Waals surface area contributed by atoms with Crippen LogP contribution in [0.4, 0.5) is 0 Å². The molecular weight excluding hydrogens is 316 g/mol. The molecule has 0 aliphatic carbocycles. The number of aromatic nitrogens is 2. The van der Waals surface area contributed by atoms with E-state index in [0.717, 1.165) is 41.5 Å². The molecule has 0 N–H and O–H groups in total. The third kappa shape index (κ3) is 3.49. The van der Waals surface area contributed by atoms with Gasteiger partial charge < -0.3 is 14.2 Å². The molecule has 7 heteroatoms. The third-order valence-electron chi connectivity index (χ3n) is 4.17. The molecule has 1 aromatic heterocycles. The highest BCUT2D eigenvalue weighted by Gasteiger charge is 2.29. The number of fused-ring (bicyclic) bond motifs is 1. The zero-order valence-corrected chi connectivity index (χ0v) is 14.4. The van der Waals surface area contributed by atoms with Crippen LogP contribution in [0.15, 0.2) is 18.2 Å². The van der Waals surface area contributed by atoms with Crippen LogP contribution >= 0.6 is 11.6 Å². The first kappa shape index (κ1) is 16.2. The topological polar surface area (TPSA) is 50.6 Å². The minimum Gasteiger partial charge on any atom is -0.366 e. The second kappa shape index (κ2) is 6.47. The van der Waals surface area contributed by atoms with Crippen LogP contribution in [0.5, 0.6) is 0 Å². The molecule has 0 unspecified atom stereocenters. The fraction of sp³-hybridized carbons (Fsp3) is 0.500. The Balaban J connectivity index is 1.54. The average molecular weight is 337 g/mol. The number of carbonyl (C=O) groups excluding carboxylic acids is 1. The van der Waals surface area contributed by atoms with E-state index in [1.807, 2.05) is 25.2 Å². The number of nitrogens with zero attached hydrogens (tertiary/aromatic N) is 4. The smallest absolute Gasteiger partial charge is 0.248 e. The minimum absolute atomic E-state index is 0.00400. The van der Waals surface area contributed by atoms with Gasteiger partial charge in [0.15, 0.2) is 0 Å². The summed E-state index contributed by atoms with van der Waals surface area (Å²) in [6.07, 6.45) is 0.128. The first-order valence-electron chi connectivity index (χ1n) is 7.59. The standard InChI is InChI=1S/C16H21ClN4O2/c1-19(2)16(22)10-23-12-7-21(8-12)9-15-18-13-5-4-11(17)6-14(13)20(15)3/h4-6,12H,7-10H2,1-3H3. The molecule has 1 amide bonds. The fourth-order valence-corrected chi connectivity index (χ4v) is 2.80. The molecule has 1 aliphatic rings. The third-order valence-corrected chi connectivity index (χ3v) is 4.40. The zero-order chi connectivity index (χ0) is 16.6. The van der Waals surface area contributed by atoms with Gasteiger partial charge in [0, 0.05) is 39.3 Å². The molecule has 124 valence electrons. The van der Waals surface area contributed by atoms with Crippen LogP contribution in [0.3, 0.4) is 0 Å². The second-order valence-corrected chi connectivity index (χ2v) is 6.57. The van der Waals surface area contributed by atoms with Crippen molar-refractivity contribution in [2.75, 3.05) is 33.8 Å². The summed E-state index contributed by atoms with van der Waals surface area (Å²) in [5.74, 6) is 1.00. The lowest BCUT2D eigenvalue weighted by Gasteiger charge is -2.38. The van der Waals surface area contributed by atoms with Crippen molar-refractivity contribution in [3.63, 3.8) is 0 Å². The summed E-state index contributed by atoms with van der Waals surface area (Å²) < 4.78 is 7.67. The van der Waals surface area contributed by atoms with Crippen molar-refractivity contribution in [2.24, 2.45) is 7.05 Å². The summed E-state index contributed by atoms with van der Waals surface area (Å²) in [4.78, 5) is 20.0. The number of benzene rings is 1. The molecule has 0 bridgehead atoms. The highest BCUT2D eigenvalue weighted by Crippen LogP contribution is 2.22. The molecule has 3 rings (SSSR count). The van der Waals surface area contributed by atoms with Crippen molar-refractivity contribution < 1.29 is 9.53 Å². The summed E-state index contributed by atoms with van der Waals surface area (Å²) in [6, 6.07) is 5.73. The van der Waals surface area contributed by atoms with Gasteiger partial charge in [-0.3, -0.25) is 9.69 Å². The second-order valence-electron chi connectivity index (χ2n) is 6.14. The van der Waals surface area contributed by atoms with Gasteiger partial charge in [-0.2, -0.15) is 0 Å². The predicted octanol–water partition coefficient (Wildman–Crippen LogP) is 1.52. The van der Waals surface area contributed by atoms with Crippen molar-refractivity contribution in [1.82, 2.24) is 19.4 Å². The Hall–Kier alpha value is -1.63. The molecule has 1 aromatic carbocycles. The van der Waals surface area contributed by atoms with Crippen molar-refractivity contribution in [3.8, 4) is 0 Å². The van der Waals surface area contributed by atoms with Gasteiger partial charge in [-0.15, -0.1) is 0 Å². The number of hydrogen-bond donors (Lipinski definition) is 0. The van der Waals surface area contributed by atoms with Gasteiger partial charge in [-0.1, -0.05) is 11.6 Å². The average Bonchev–Trinajstić information content (AvgIpc) is 2.77. The van der Waals surface area contributed by atoms with E-state index < -0.39 is 0 Å². The number of aryl methyl sites for hydroxylation is 1. The van der Waals surface area contributed by atoms with Crippen LogP contribution in [0, 0.1) is 0 Å². The van der Waals surface area contributed by atoms with Crippen LogP contribution in [0.2, 0.25) is 5.02 Å². The van der Waals surface area contributed by atoms with E-state index in [-0.39, 0.29) is 18.6 Å². The number of halogens is 1. The maximum absolute atomic E-state index is 11.5. The van der Waals surface area contributed by atoms with Gasteiger partial charge >= 0.3 is 0 Å². The molecule has 0 radical (unpaired) electrons. The molecule has 1 aliphatic heterocycles. The summed E-state index contributed by atoms with van der Waals surface area (Å²) in [5, 5.41) is 0.718. The predicted molar refractivity (Wildman–Crippen MR) is 89.4 cm³/mol. The Morgan fingerprint density at radius 3 is 2.87 bits per heavy atom. The van der Waals surface area contributed by atoms with Crippen molar-refractivity contribution in [2.45, 2.75) is 12.6 Å². The number of carbonyl (C=O) groups is 1. The van der Waals surface area contributed by atoms with Crippen molar-refractivity contribution in [1.29, 1.82) is 0 Å². The normalized spacial score (nSPS) is 15.8. The highest BCUT2D eigenvalue weighted by atomic mass is 35.5. The quantitative estimate of drug-likeness (QED) is 0.830. The number of likely N-dealkylation sites (tertiary alicyclic amines) is 1. The minimum atomic E-state index is -0.00400. The Kier molecular flexibility index (Phi) is 4.57. The first-order valence-corrected chi connectivity index (χ1v) is 7.97.